The molecule has 0 aliphatic heterocycles. The minimum Gasteiger partial charge on any atom is -0.453 e. The van der Waals surface area contributed by atoms with Crippen LogP contribution in [0.2, 0.25) is 0 Å². The minimum absolute atomic E-state index is 0.310. The van der Waals surface area contributed by atoms with Crippen LogP contribution in [-0.2, 0) is 0 Å². The Kier molecular flexibility index (Phi) is 3.04. The molecule has 0 fully saturated rings. The summed E-state index contributed by atoms with van der Waals surface area (Å²) in [5, 5.41) is 0. The van der Waals surface area contributed by atoms with Gasteiger partial charge < -0.3 is 4.42 Å². The van der Waals surface area contributed by atoms with Crippen LogP contribution in [0.3, 0.4) is 0 Å². The van der Waals surface area contributed by atoms with Crippen molar-refractivity contribution in [1.82, 2.24) is 0 Å². The van der Waals surface area contributed by atoms with Crippen molar-refractivity contribution in [3.05, 3.63) is 47.7 Å². The lowest BCUT2D eigenvalue weighted by Gasteiger charge is -1.98. The molecule has 0 aliphatic carbocycles. The number of alkyl halides is 2. The van der Waals surface area contributed by atoms with Crippen LogP contribution in [0.4, 0.5) is 8.78 Å². The Morgan fingerprint density at radius 2 is 1.76 bits per heavy atom. The van der Waals surface area contributed by atoms with Gasteiger partial charge >= 0.3 is 6.43 Å². The summed E-state index contributed by atoms with van der Waals surface area (Å²) in [4.78, 5) is 11.0. The van der Waals surface area contributed by atoms with Crippen molar-refractivity contribution < 1.29 is 18.0 Å². The zero-order valence-electron chi connectivity index (χ0n) is 9.11. The second-order valence-electron chi connectivity index (χ2n) is 3.69. The summed E-state index contributed by atoms with van der Waals surface area (Å²) in [6.07, 6.45) is -3.04. The molecule has 0 saturated heterocycles. The largest absolute Gasteiger partial charge is 0.453 e. The lowest BCUT2D eigenvalue weighted by atomic mass is 10.1. The van der Waals surface area contributed by atoms with Crippen LogP contribution >= 0.6 is 0 Å². The smallest absolute Gasteiger partial charge is 0.303 e. The highest BCUT2D eigenvalue weighted by Crippen LogP contribution is 2.23. The predicted octanol–water partition coefficient (Wildman–Crippen LogP) is 3.70. The average molecular weight is 236 g/mol. The Labute approximate surface area is 96.9 Å². The van der Waals surface area contributed by atoms with Gasteiger partial charge in [-0.05, 0) is 19.1 Å². The molecule has 0 aliphatic rings. The van der Waals surface area contributed by atoms with Crippen molar-refractivity contribution in [3.63, 3.8) is 0 Å². The fraction of sp³-hybridized carbons (Fsp3) is 0.154. The van der Waals surface area contributed by atoms with Crippen LogP contribution in [-0.4, -0.2) is 12.2 Å². The number of ketones is 1. The molecule has 1 heterocycles. The minimum atomic E-state index is -3.04. The predicted molar refractivity (Wildman–Crippen MR) is 59.2 cm³/mol. The third kappa shape index (κ3) is 2.41. The fourth-order valence-corrected chi connectivity index (χ4v) is 1.45. The van der Waals surface area contributed by atoms with E-state index in [-0.39, 0.29) is 5.76 Å². The number of benzene rings is 1. The molecule has 4 heteroatoms. The molecule has 1 aromatic carbocycles. The van der Waals surface area contributed by atoms with E-state index in [0.29, 0.717) is 5.76 Å². The maximum absolute atomic E-state index is 12.2. The van der Waals surface area contributed by atoms with Crippen LogP contribution < -0.4 is 0 Å². The molecule has 0 atom stereocenters. The van der Waals surface area contributed by atoms with E-state index in [1.807, 2.05) is 31.2 Å². The van der Waals surface area contributed by atoms with Gasteiger partial charge in [0.15, 0.2) is 5.76 Å². The van der Waals surface area contributed by atoms with Crippen LogP contribution in [0.5, 0.6) is 0 Å². The maximum atomic E-state index is 12.2. The van der Waals surface area contributed by atoms with Crippen LogP contribution in [0.25, 0.3) is 11.3 Å². The Bertz CT molecular complexity index is 527. The molecular formula is C13H10F2O2. The Morgan fingerprint density at radius 3 is 2.35 bits per heavy atom. The summed E-state index contributed by atoms with van der Waals surface area (Å²) in [6.45, 7) is 1.94. The van der Waals surface area contributed by atoms with E-state index in [1.54, 1.807) is 0 Å². The zero-order chi connectivity index (χ0) is 12.4. The second-order valence-corrected chi connectivity index (χ2v) is 3.69. The summed E-state index contributed by atoms with van der Waals surface area (Å²) in [5.74, 6) is -1.19. The molecule has 2 rings (SSSR count). The molecule has 0 saturated carbocycles. The van der Waals surface area contributed by atoms with Crippen molar-refractivity contribution >= 4 is 5.78 Å². The number of hydrogen-bond acceptors (Lipinski definition) is 2. The first kappa shape index (κ1) is 11.5. The quantitative estimate of drug-likeness (QED) is 0.760. The van der Waals surface area contributed by atoms with E-state index in [1.165, 1.54) is 12.1 Å². The van der Waals surface area contributed by atoms with Gasteiger partial charge in [0.25, 0.3) is 5.78 Å². The number of carbonyl (C=O) groups excluding carboxylic acids is 1. The van der Waals surface area contributed by atoms with Gasteiger partial charge in [-0.1, -0.05) is 29.8 Å². The number of rotatable bonds is 3. The number of aryl methyl sites for hydroxylation is 1. The number of furan rings is 1. The van der Waals surface area contributed by atoms with Gasteiger partial charge in [0.1, 0.15) is 5.76 Å². The highest BCUT2D eigenvalue weighted by molar-refractivity contribution is 5.96. The van der Waals surface area contributed by atoms with Crippen molar-refractivity contribution in [3.8, 4) is 11.3 Å². The van der Waals surface area contributed by atoms with Gasteiger partial charge in [0.05, 0.1) is 0 Å². The molecule has 0 amide bonds. The van der Waals surface area contributed by atoms with Gasteiger partial charge in [-0.15, -0.1) is 0 Å². The van der Waals surface area contributed by atoms with Gasteiger partial charge in [-0.2, -0.15) is 0 Å². The third-order valence-electron chi connectivity index (χ3n) is 2.38. The van der Waals surface area contributed by atoms with E-state index in [4.69, 9.17) is 4.42 Å². The van der Waals surface area contributed by atoms with E-state index >= 15 is 0 Å². The molecule has 88 valence electrons. The Morgan fingerprint density at radius 1 is 1.12 bits per heavy atom. The highest BCUT2D eigenvalue weighted by atomic mass is 19.3. The first-order chi connectivity index (χ1) is 8.08. The number of halogens is 2. The van der Waals surface area contributed by atoms with Crippen molar-refractivity contribution in [2.45, 2.75) is 13.3 Å². The van der Waals surface area contributed by atoms with Crippen molar-refractivity contribution in [2.75, 3.05) is 0 Å². The first-order valence-electron chi connectivity index (χ1n) is 5.07. The maximum Gasteiger partial charge on any atom is 0.303 e. The zero-order valence-corrected chi connectivity index (χ0v) is 9.11. The molecule has 17 heavy (non-hydrogen) atoms. The van der Waals surface area contributed by atoms with Crippen LogP contribution in [0, 0.1) is 6.92 Å². The molecule has 0 bridgehead atoms. The number of hydrogen-bond donors (Lipinski definition) is 0. The molecule has 0 radical (unpaired) electrons. The standard InChI is InChI=1S/C13H10F2O2/c1-8-2-4-9(5-3-8)10-6-7-11(17-10)12(16)13(14)15/h2-7,13H,1H3. The lowest BCUT2D eigenvalue weighted by molar-refractivity contribution is 0.0649. The average Bonchev–Trinajstić information content (AvgIpc) is 2.78. The van der Waals surface area contributed by atoms with Gasteiger partial charge in [0.2, 0.25) is 0 Å². The summed E-state index contributed by atoms with van der Waals surface area (Å²) in [5.41, 5.74) is 1.84. The summed E-state index contributed by atoms with van der Waals surface area (Å²) >= 11 is 0. The van der Waals surface area contributed by atoms with E-state index in [9.17, 15) is 13.6 Å². The van der Waals surface area contributed by atoms with Crippen molar-refractivity contribution in [2.24, 2.45) is 0 Å². The van der Waals surface area contributed by atoms with E-state index < -0.39 is 12.2 Å². The number of carbonyl (C=O) groups is 1. The molecule has 2 nitrogen and oxygen atoms in total. The second kappa shape index (κ2) is 4.49. The SMILES string of the molecule is Cc1ccc(-c2ccc(C(=O)C(F)F)o2)cc1. The highest BCUT2D eigenvalue weighted by Gasteiger charge is 2.21. The van der Waals surface area contributed by atoms with Gasteiger partial charge in [-0.3, -0.25) is 4.79 Å². The van der Waals surface area contributed by atoms with E-state index in [0.717, 1.165) is 11.1 Å². The Balaban J connectivity index is 2.30. The van der Waals surface area contributed by atoms with Crippen LogP contribution in [0.1, 0.15) is 16.1 Å². The molecule has 2 aromatic rings. The fourth-order valence-electron chi connectivity index (χ4n) is 1.45. The lowest BCUT2D eigenvalue weighted by Crippen LogP contribution is -2.08. The Hall–Kier alpha value is -1.97. The third-order valence-corrected chi connectivity index (χ3v) is 2.38. The summed E-state index contributed by atoms with van der Waals surface area (Å²) in [7, 11) is 0. The summed E-state index contributed by atoms with van der Waals surface area (Å²) < 4.78 is 29.4. The van der Waals surface area contributed by atoms with E-state index in [2.05, 4.69) is 0 Å². The van der Waals surface area contributed by atoms with Crippen molar-refractivity contribution in [1.29, 1.82) is 0 Å². The summed E-state index contributed by atoms with van der Waals surface area (Å²) in [6, 6.07) is 10.2. The molecule has 0 N–H and O–H groups in total. The molecule has 0 spiro atoms. The number of Topliss-reactive ketones (excluding diaryl/α,β-unsaturated/α-hetero) is 1. The normalized spacial score (nSPS) is 10.8. The molecule has 1 aromatic heterocycles. The van der Waals surface area contributed by atoms with Gasteiger partial charge in [0, 0.05) is 5.56 Å². The monoisotopic (exact) mass is 236 g/mol. The van der Waals surface area contributed by atoms with Crippen LogP contribution in [0.15, 0.2) is 40.8 Å². The first-order valence-corrected chi connectivity index (χ1v) is 5.07. The molecular weight excluding hydrogens is 226 g/mol. The topological polar surface area (TPSA) is 30.2 Å². The molecule has 0 unspecified atom stereocenters. The van der Waals surface area contributed by atoms with Gasteiger partial charge in [-0.25, -0.2) is 8.78 Å².